The van der Waals surface area contributed by atoms with Crippen molar-refractivity contribution in [3.05, 3.63) is 44.7 Å². The van der Waals surface area contributed by atoms with Gasteiger partial charge in [0, 0.05) is 11.5 Å². The number of hydrogen-bond acceptors (Lipinski definition) is 4. The number of hydrogen-bond donors (Lipinski definition) is 0. The molecule has 0 bridgehead atoms. The number of rotatable bonds is 3. The van der Waals surface area contributed by atoms with Gasteiger partial charge in [-0.05, 0) is 34.5 Å². The van der Waals surface area contributed by atoms with Crippen LogP contribution in [0.2, 0.25) is 0 Å². The van der Waals surface area contributed by atoms with E-state index in [4.69, 9.17) is 4.74 Å². The summed E-state index contributed by atoms with van der Waals surface area (Å²) in [6.07, 6.45) is 1.35. The second-order valence-corrected chi connectivity index (χ2v) is 4.67. The van der Waals surface area contributed by atoms with Crippen molar-refractivity contribution in [2.45, 2.75) is 6.92 Å². The Bertz CT molecular complexity index is 610. The summed E-state index contributed by atoms with van der Waals surface area (Å²) >= 11 is 3.33. The van der Waals surface area contributed by atoms with E-state index in [2.05, 4.69) is 20.9 Å². The molecule has 0 fully saturated rings. The molecule has 2 aromatic rings. The Morgan fingerprint density at radius 1 is 1.50 bits per heavy atom. The van der Waals surface area contributed by atoms with Gasteiger partial charge in [-0.1, -0.05) is 22.0 Å². The lowest BCUT2D eigenvalue weighted by molar-refractivity contribution is -0.390. The Hall–Kier alpha value is -1.89. The van der Waals surface area contributed by atoms with Gasteiger partial charge in [0.1, 0.15) is 5.75 Å². The molecule has 0 aliphatic carbocycles. The number of nitrogens with zero attached hydrogens (tertiary/aromatic N) is 3. The van der Waals surface area contributed by atoms with Gasteiger partial charge in [0.2, 0.25) is 6.33 Å². The molecule has 0 spiro atoms. The van der Waals surface area contributed by atoms with Crippen molar-refractivity contribution in [2.75, 3.05) is 0 Å². The molecule has 6 nitrogen and oxygen atoms in total. The summed E-state index contributed by atoms with van der Waals surface area (Å²) in [7, 11) is 1.64. The summed E-state index contributed by atoms with van der Waals surface area (Å²) in [4.78, 5) is 13.9. The Morgan fingerprint density at radius 3 is 2.89 bits per heavy atom. The SMILES string of the molecule is Cc1ccc(Br)cc1Oc1c([N+](=O)[O-])ncn1C. The Labute approximate surface area is 111 Å². The van der Waals surface area contributed by atoms with Crippen molar-refractivity contribution >= 4 is 21.7 Å². The molecule has 0 N–H and O–H groups in total. The van der Waals surface area contributed by atoms with Gasteiger partial charge in [0.05, 0.1) is 0 Å². The maximum absolute atomic E-state index is 10.8. The lowest BCUT2D eigenvalue weighted by Crippen LogP contribution is -1.97. The van der Waals surface area contributed by atoms with Crippen LogP contribution in [0.25, 0.3) is 0 Å². The first-order valence-corrected chi connectivity index (χ1v) is 5.88. The van der Waals surface area contributed by atoms with E-state index in [0.717, 1.165) is 10.0 Å². The van der Waals surface area contributed by atoms with Gasteiger partial charge in [-0.25, -0.2) is 0 Å². The number of benzene rings is 1. The molecule has 0 atom stereocenters. The zero-order chi connectivity index (χ0) is 13.3. The van der Waals surface area contributed by atoms with Crippen molar-refractivity contribution in [2.24, 2.45) is 7.05 Å². The molecule has 0 amide bonds. The highest BCUT2D eigenvalue weighted by Crippen LogP contribution is 2.32. The minimum Gasteiger partial charge on any atom is -0.433 e. The fourth-order valence-electron chi connectivity index (χ4n) is 1.44. The van der Waals surface area contributed by atoms with E-state index in [-0.39, 0.29) is 11.7 Å². The molecule has 18 heavy (non-hydrogen) atoms. The first-order chi connectivity index (χ1) is 8.49. The van der Waals surface area contributed by atoms with Crippen molar-refractivity contribution in [1.82, 2.24) is 9.55 Å². The maximum atomic E-state index is 10.8. The van der Waals surface area contributed by atoms with E-state index in [1.807, 2.05) is 19.1 Å². The normalized spacial score (nSPS) is 10.4. The Kier molecular flexibility index (Phi) is 3.33. The summed E-state index contributed by atoms with van der Waals surface area (Å²) in [5, 5.41) is 10.8. The minimum atomic E-state index is -0.567. The molecule has 2 rings (SSSR count). The van der Waals surface area contributed by atoms with E-state index >= 15 is 0 Å². The predicted molar refractivity (Wildman–Crippen MR) is 68.8 cm³/mol. The molecule has 7 heteroatoms. The highest BCUT2D eigenvalue weighted by atomic mass is 79.9. The molecule has 1 aromatic heterocycles. The van der Waals surface area contributed by atoms with E-state index in [0.29, 0.717) is 5.75 Å². The third-order valence-electron chi connectivity index (χ3n) is 2.39. The molecule has 0 aliphatic heterocycles. The highest BCUT2D eigenvalue weighted by molar-refractivity contribution is 9.10. The molecule has 94 valence electrons. The summed E-state index contributed by atoms with van der Waals surface area (Å²) in [5.74, 6) is 0.370. The van der Waals surface area contributed by atoms with E-state index in [1.54, 1.807) is 13.1 Å². The van der Waals surface area contributed by atoms with Crippen LogP contribution in [-0.4, -0.2) is 14.5 Å². The second-order valence-electron chi connectivity index (χ2n) is 3.75. The van der Waals surface area contributed by atoms with Gasteiger partial charge in [-0.3, -0.25) is 4.57 Å². The second kappa shape index (κ2) is 4.77. The first kappa shape index (κ1) is 12.6. The van der Waals surface area contributed by atoms with E-state index < -0.39 is 4.92 Å². The number of aryl methyl sites for hydroxylation is 2. The maximum Gasteiger partial charge on any atom is 0.427 e. The first-order valence-electron chi connectivity index (χ1n) is 5.08. The molecular weight excluding hydrogens is 302 g/mol. The summed E-state index contributed by atoms with van der Waals surface area (Å²) in [5.41, 5.74) is 0.883. The van der Waals surface area contributed by atoms with Crippen molar-refractivity contribution in [3.8, 4) is 11.6 Å². The summed E-state index contributed by atoms with van der Waals surface area (Å²) < 4.78 is 7.89. The van der Waals surface area contributed by atoms with Crippen LogP contribution >= 0.6 is 15.9 Å². The van der Waals surface area contributed by atoms with Gasteiger partial charge < -0.3 is 14.9 Å². The number of nitro groups is 1. The quantitative estimate of drug-likeness (QED) is 0.644. The predicted octanol–water partition coefficient (Wildman–Crippen LogP) is 3.19. The van der Waals surface area contributed by atoms with Gasteiger partial charge in [-0.15, -0.1) is 0 Å². The number of imidazole rings is 1. The molecule has 0 aliphatic rings. The van der Waals surface area contributed by atoms with Crippen LogP contribution in [0.5, 0.6) is 11.6 Å². The largest absolute Gasteiger partial charge is 0.433 e. The third kappa shape index (κ3) is 2.35. The van der Waals surface area contributed by atoms with Crippen LogP contribution in [0.4, 0.5) is 5.82 Å². The Balaban J connectivity index is 2.42. The molecule has 0 saturated heterocycles. The number of halogens is 1. The zero-order valence-corrected chi connectivity index (χ0v) is 11.3. The minimum absolute atomic E-state index is 0.112. The summed E-state index contributed by atoms with van der Waals surface area (Å²) in [6.45, 7) is 1.87. The molecule has 0 radical (unpaired) electrons. The topological polar surface area (TPSA) is 70.2 Å². The fourth-order valence-corrected chi connectivity index (χ4v) is 1.78. The van der Waals surface area contributed by atoms with Crippen LogP contribution in [0.1, 0.15) is 5.56 Å². The van der Waals surface area contributed by atoms with Gasteiger partial charge >= 0.3 is 11.7 Å². The molecular formula is C11H10BrN3O3. The van der Waals surface area contributed by atoms with E-state index in [1.165, 1.54) is 10.9 Å². The molecule has 1 aromatic carbocycles. The highest BCUT2D eigenvalue weighted by Gasteiger charge is 2.22. The van der Waals surface area contributed by atoms with Crippen molar-refractivity contribution < 1.29 is 9.66 Å². The molecule has 1 heterocycles. The van der Waals surface area contributed by atoms with E-state index in [9.17, 15) is 10.1 Å². The standard InChI is InChI=1S/C11H10BrN3O3/c1-7-3-4-8(12)5-9(7)18-11-10(15(16)17)13-6-14(11)2/h3-6H,1-2H3. The monoisotopic (exact) mass is 311 g/mol. The van der Waals surface area contributed by atoms with Crippen molar-refractivity contribution in [3.63, 3.8) is 0 Å². The average Bonchev–Trinajstić information content (AvgIpc) is 2.66. The molecule has 0 unspecified atom stereocenters. The smallest absolute Gasteiger partial charge is 0.427 e. The number of ether oxygens (including phenoxy) is 1. The van der Waals surface area contributed by atoms with Crippen LogP contribution in [0.3, 0.4) is 0 Å². The molecule has 0 saturated carbocycles. The lowest BCUT2D eigenvalue weighted by atomic mass is 10.2. The lowest BCUT2D eigenvalue weighted by Gasteiger charge is -2.08. The Morgan fingerprint density at radius 2 is 2.22 bits per heavy atom. The van der Waals surface area contributed by atoms with Crippen LogP contribution in [0, 0.1) is 17.0 Å². The third-order valence-corrected chi connectivity index (χ3v) is 2.89. The zero-order valence-electron chi connectivity index (χ0n) is 9.75. The van der Waals surface area contributed by atoms with Gasteiger partial charge in [0.25, 0.3) is 0 Å². The average molecular weight is 312 g/mol. The van der Waals surface area contributed by atoms with Crippen LogP contribution in [-0.2, 0) is 7.05 Å². The fraction of sp³-hybridized carbons (Fsp3) is 0.182. The van der Waals surface area contributed by atoms with Gasteiger partial charge in [-0.2, -0.15) is 0 Å². The summed E-state index contributed by atoms with van der Waals surface area (Å²) in [6, 6.07) is 5.49. The van der Waals surface area contributed by atoms with Gasteiger partial charge in [0.15, 0.2) is 0 Å². The van der Waals surface area contributed by atoms with Crippen molar-refractivity contribution in [1.29, 1.82) is 0 Å². The van der Waals surface area contributed by atoms with Crippen LogP contribution < -0.4 is 4.74 Å². The van der Waals surface area contributed by atoms with Crippen LogP contribution in [0.15, 0.2) is 29.0 Å². The number of aromatic nitrogens is 2.